The lowest BCUT2D eigenvalue weighted by Gasteiger charge is -2.24. The summed E-state index contributed by atoms with van der Waals surface area (Å²) in [6, 6.07) is 0. The zero-order valence-corrected chi connectivity index (χ0v) is 9.76. The van der Waals surface area contributed by atoms with Gasteiger partial charge in [0, 0.05) is 28.4 Å². The molecule has 1 fully saturated rings. The number of ether oxygens (including phenoxy) is 5. The van der Waals surface area contributed by atoms with Crippen molar-refractivity contribution in [2.45, 2.75) is 37.6 Å². The summed E-state index contributed by atoms with van der Waals surface area (Å²) in [4.78, 5) is 0. The summed E-state index contributed by atoms with van der Waals surface area (Å²) in [7, 11) is 6.42. The minimum atomic E-state index is -0.315. The molecule has 90 valence electrons. The summed E-state index contributed by atoms with van der Waals surface area (Å²) in [5.41, 5.74) is 0. The van der Waals surface area contributed by atoms with E-state index in [2.05, 4.69) is 0 Å². The highest BCUT2D eigenvalue weighted by Crippen LogP contribution is 2.27. The second-order valence-electron chi connectivity index (χ2n) is 3.47. The van der Waals surface area contributed by atoms with Gasteiger partial charge >= 0.3 is 0 Å². The first-order valence-electron chi connectivity index (χ1n) is 5.03. The largest absolute Gasteiger partial charge is 0.364 e. The summed E-state index contributed by atoms with van der Waals surface area (Å²) in [6.07, 6.45) is 1.06. The first-order valence-corrected chi connectivity index (χ1v) is 5.03. The minimum Gasteiger partial charge on any atom is -0.364 e. The van der Waals surface area contributed by atoms with Crippen LogP contribution in [0.1, 0.15) is 12.8 Å². The van der Waals surface area contributed by atoms with Gasteiger partial charge < -0.3 is 23.7 Å². The van der Waals surface area contributed by atoms with Crippen molar-refractivity contribution in [2.75, 3.05) is 28.4 Å². The van der Waals surface area contributed by atoms with Gasteiger partial charge in [0.1, 0.15) is 12.2 Å². The van der Waals surface area contributed by atoms with Gasteiger partial charge in [-0.1, -0.05) is 0 Å². The van der Waals surface area contributed by atoms with E-state index >= 15 is 0 Å². The molecule has 0 aromatic rings. The summed E-state index contributed by atoms with van der Waals surface area (Å²) in [5.74, 6) is 0. The Morgan fingerprint density at radius 2 is 1.13 bits per heavy atom. The zero-order valence-electron chi connectivity index (χ0n) is 9.76. The SMILES string of the molecule is COC(OC)C1CCC(C(OC)OC)O1. The molecule has 1 rings (SSSR count). The highest BCUT2D eigenvalue weighted by Gasteiger charge is 2.36. The Balaban J connectivity index is 2.43. The molecule has 15 heavy (non-hydrogen) atoms. The van der Waals surface area contributed by atoms with Gasteiger partial charge in [-0.3, -0.25) is 0 Å². The third-order valence-electron chi connectivity index (χ3n) is 2.62. The van der Waals surface area contributed by atoms with Crippen LogP contribution in [-0.2, 0) is 23.7 Å². The molecule has 0 radical (unpaired) electrons. The van der Waals surface area contributed by atoms with Crippen molar-refractivity contribution in [2.24, 2.45) is 0 Å². The number of hydrogen-bond acceptors (Lipinski definition) is 5. The molecule has 0 N–H and O–H groups in total. The van der Waals surface area contributed by atoms with Crippen LogP contribution in [0, 0.1) is 0 Å². The van der Waals surface area contributed by atoms with Crippen molar-refractivity contribution in [3.05, 3.63) is 0 Å². The molecule has 5 heteroatoms. The minimum absolute atomic E-state index is 0.0437. The molecule has 0 aromatic heterocycles. The molecule has 1 aliphatic heterocycles. The van der Waals surface area contributed by atoms with Crippen LogP contribution in [0.3, 0.4) is 0 Å². The molecular weight excluding hydrogens is 200 g/mol. The van der Waals surface area contributed by atoms with Crippen LogP contribution < -0.4 is 0 Å². The molecule has 0 bridgehead atoms. The van der Waals surface area contributed by atoms with Gasteiger partial charge in [0.2, 0.25) is 0 Å². The highest BCUT2D eigenvalue weighted by molar-refractivity contribution is 4.78. The van der Waals surface area contributed by atoms with Crippen molar-refractivity contribution < 1.29 is 23.7 Å². The maximum Gasteiger partial charge on any atom is 0.183 e. The van der Waals surface area contributed by atoms with Crippen molar-refractivity contribution in [1.82, 2.24) is 0 Å². The summed E-state index contributed by atoms with van der Waals surface area (Å²) in [5, 5.41) is 0. The molecule has 2 atom stereocenters. The van der Waals surface area contributed by atoms with E-state index in [9.17, 15) is 0 Å². The van der Waals surface area contributed by atoms with E-state index in [0.29, 0.717) is 0 Å². The van der Waals surface area contributed by atoms with E-state index in [0.717, 1.165) is 12.8 Å². The third kappa shape index (κ3) is 3.12. The van der Waals surface area contributed by atoms with Gasteiger partial charge in [-0.25, -0.2) is 0 Å². The van der Waals surface area contributed by atoms with Crippen molar-refractivity contribution >= 4 is 0 Å². The standard InChI is InChI=1S/C10H20O5/c1-11-9(12-2)7-5-6-8(15-7)10(13-3)14-4/h7-10H,5-6H2,1-4H3. The van der Waals surface area contributed by atoms with Crippen LogP contribution in [0.15, 0.2) is 0 Å². The van der Waals surface area contributed by atoms with E-state index in [4.69, 9.17) is 23.7 Å². The molecule has 2 unspecified atom stereocenters. The van der Waals surface area contributed by atoms with Gasteiger partial charge in [-0.2, -0.15) is 0 Å². The number of hydrogen-bond donors (Lipinski definition) is 0. The smallest absolute Gasteiger partial charge is 0.183 e. The highest BCUT2D eigenvalue weighted by atomic mass is 16.7. The van der Waals surface area contributed by atoms with E-state index in [-0.39, 0.29) is 24.8 Å². The Morgan fingerprint density at radius 1 is 0.800 bits per heavy atom. The van der Waals surface area contributed by atoms with Gasteiger partial charge in [0.05, 0.1) is 0 Å². The number of rotatable bonds is 6. The number of methoxy groups -OCH3 is 4. The zero-order chi connectivity index (χ0) is 11.3. The molecule has 1 saturated heterocycles. The predicted molar refractivity (Wildman–Crippen MR) is 53.5 cm³/mol. The van der Waals surface area contributed by atoms with Crippen LogP contribution in [0.2, 0.25) is 0 Å². The van der Waals surface area contributed by atoms with Crippen molar-refractivity contribution in [3.8, 4) is 0 Å². The molecule has 5 nitrogen and oxygen atoms in total. The summed E-state index contributed by atoms with van der Waals surface area (Å²) >= 11 is 0. The van der Waals surface area contributed by atoms with Gasteiger partial charge in [0.15, 0.2) is 12.6 Å². The van der Waals surface area contributed by atoms with Crippen LogP contribution in [0.25, 0.3) is 0 Å². The average Bonchev–Trinajstić information content (AvgIpc) is 2.71. The lowest BCUT2D eigenvalue weighted by molar-refractivity contribution is -0.216. The summed E-state index contributed by atoms with van der Waals surface area (Å²) < 4.78 is 26.3. The fourth-order valence-corrected chi connectivity index (χ4v) is 1.89. The second kappa shape index (κ2) is 6.40. The molecule has 0 aromatic carbocycles. The molecule has 1 aliphatic rings. The van der Waals surface area contributed by atoms with Crippen LogP contribution in [0.4, 0.5) is 0 Å². The van der Waals surface area contributed by atoms with Gasteiger partial charge in [-0.15, -0.1) is 0 Å². The first kappa shape index (κ1) is 12.9. The Morgan fingerprint density at radius 3 is 1.40 bits per heavy atom. The first-order chi connectivity index (χ1) is 7.26. The van der Waals surface area contributed by atoms with E-state index in [1.807, 2.05) is 0 Å². The Hall–Kier alpha value is -0.200. The normalized spacial score (nSPS) is 26.8. The predicted octanol–water partition coefficient (Wildman–Crippen LogP) is 0.772. The van der Waals surface area contributed by atoms with E-state index in [1.54, 1.807) is 28.4 Å². The van der Waals surface area contributed by atoms with Gasteiger partial charge in [-0.05, 0) is 12.8 Å². The molecule has 1 heterocycles. The maximum atomic E-state index is 5.75. The molecule has 0 amide bonds. The van der Waals surface area contributed by atoms with Crippen LogP contribution >= 0.6 is 0 Å². The Labute approximate surface area is 90.6 Å². The lowest BCUT2D eigenvalue weighted by Crippen LogP contribution is -2.34. The van der Waals surface area contributed by atoms with Crippen molar-refractivity contribution in [1.29, 1.82) is 0 Å². The third-order valence-corrected chi connectivity index (χ3v) is 2.62. The monoisotopic (exact) mass is 220 g/mol. The van der Waals surface area contributed by atoms with Crippen LogP contribution in [-0.4, -0.2) is 53.2 Å². The molecular formula is C10H20O5. The molecule has 0 aliphatic carbocycles. The lowest BCUT2D eigenvalue weighted by atomic mass is 10.2. The quantitative estimate of drug-likeness (QED) is 0.619. The topological polar surface area (TPSA) is 46.2 Å². The average molecular weight is 220 g/mol. The van der Waals surface area contributed by atoms with E-state index in [1.165, 1.54) is 0 Å². The fraction of sp³-hybridized carbons (Fsp3) is 1.00. The summed E-state index contributed by atoms with van der Waals surface area (Å²) in [6.45, 7) is 0. The molecule has 0 saturated carbocycles. The fourth-order valence-electron chi connectivity index (χ4n) is 1.89. The van der Waals surface area contributed by atoms with Crippen molar-refractivity contribution in [3.63, 3.8) is 0 Å². The van der Waals surface area contributed by atoms with Gasteiger partial charge in [0.25, 0.3) is 0 Å². The Kier molecular flexibility index (Phi) is 5.49. The van der Waals surface area contributed by atoms with Crippen LogP contribution in [0.5, 0.6) is 0 Å². The second-order valence-corrected chi connectivity index (χ2v) is 3.47. The molecule has 0 spiro atoms. The van der Waals surface area contributed by atoms with E-state index < -0.39 is 0 Å². The Bertz CT molecular complexity index is 149. The maximum absolute atomic E-state index is 5.75.